The van der Waals surface area contributed by atoms with E-state index in [0.29, 0.717) is 17.1 Å². The van der Waals surface area contributed by atoms with Gasteiger partial charge in [0, 0.05) is 16.8 Å². The fourth-order valence-corrected chi connectivity index (χ4v) is 3.65. The Morgan fingerprint density at radius 3 is 2.07 bits per heavy atom. The maximum Gasteiger partial charge on any atom is 0.416 e. The van der Waals surface area contributed by atoms with Gasteiger partial charge in [0.1, 0.15) is 5.82 Å². The maximum absolute atomic E-state index is 12.7. The molecule has 5 N–H and O–H groups in total. The molecule has 1 saturated heterocycles. The number of piperidine rings is 1. The van der Waals surface area contributed by atoms with Gasteiger partial charge in [0.2, 0.25) is 0 Å². The fraction of sp³-hybridized carbons (Fsp3) is 0.500. The smallest absolute Gasteiger partial charge is 0.398 e. The van der Waals surface area contributed by atoms with Gasteiger partial charge in [-0.25, -0.2) is 0 Å². The third-order valence-corrected chi connectivity index (χ3v) is 5.16. The van der Waals surface area contributed by atoms with Crippen LogP contribution in [0.25, 0.3) is 11.3 Å². The molecule has 8 heteroatoms. The average molecular weight is 393 g/mol. The minimum atomic E-state index is -4.42. The van der Waals surface area contributed by atoms with Gasteiger partial charge < -0.3 is 16.8 Å². The Kier molecular flexibility index (Phi) is 6.39. The number of aromatic nitrogens is 2. The number of alkyl halides is 3. The molecule has 0 amide bonds. The van der Waals surface area contributed by atoms with Crippen molar-refractivity contribution < 1.29 is 13.2 Å². The molecule has 4 rings (SSSR count). The van der Waals surface area contributed by atoms with E-state index in [1.807, 2.05) is 0 Å². The van der Waals surface area contributed by atoms with Gasteiger partial charge in [-0.1, -0.05) is 12.5 Å². The van der Waals surface area contributed by atoms with Crippen LogP contribution in [0.1, 0.15) is 48.8 Å². The predicted octanol–water partition coefficient (Wildman–Crippen LogP) is 3.97. The molecule has 0 radical (unpaired) electrons. The van der Waals surface area contributed by atoms with Crippen LogP contribution in [0.15, 0.2) is 18.2 Å². The molecule has 0 saturated carbocycles. The fourth-order valence-electron chi connectivity index (χ4n) is 3.65. The lowest BCUT2D eigenvalue weighted by Crippen LogP contribution is -2.21. The first-order chi connectivity index (χ1) is 13.4. The number of hydrogen-bond acceptors (Lipinski definition) is 5. The number of benzene rings is 1. The van der Waals surface area contributed by atoms with Gasteiger partial charge in [-0.05, 0) is 69.3 Å². The van der Waals surface area contributed by atoms with E-state index in [1.54, 1.807) is 0 Å². The number of nitrogens with two attached hydrogens (primary N) is 2. The standard InChI is InChI=1S/C15H15F3N4.C5H11N/c16-15(17,18)8-5-6-11(12(19)7-8)13-9-3-1-2-4-10(9)14(20)22-21-13;1-2-4-6-5-3-1/h5-7H,1-4,19H2,(H2,20,22);6H,1-5H2. The predicted molar refractivity (Wildman–Crippen MR) is 105 cm³/mol. The first-order valence-corrected chi connectivity index (χ1v) is 9.69. The average Bonchev–Trinajstić information content (AvgIpc) is 2.70. The van der Waals surface area contributed by atoms with Crippen molar-refractivity contribution in [1.29, 1.82) is 0 Å². The summed E-state index contributed by atoms with van der Waals surface area (Å²) in [6, 6.07) is 3.30. The van der Waals surface area contributed by atoms with Crippen LogP contribution in [0, 0.1) is 0 Å². The number of hydrogen-bond donors (Lipinski definition) is 3. The van der Waals surface area contributed by atoms with Crippen LogP contribution in [0.5, 0.6) is 0 Å². The third-order valence-electron chi connectivity index (χ3n) is 5.16. The summed E-state index contributed by atoms with van der Waals surface area (Å²) in [5.74, 6) is 0.393. The topological polar surface area (TPSA) is 89.8 Å². The highest BCUT2D eigenvalue weighted by atomic mass is 19.4. The van der Waals surface area contributed by atoms with E-state index >= 15 is 0 Å². The number of rotatable bonds is 1. The molecule has 28 heavy (non-hydrogen) atoms. The summed E-state index contributed by atoms with van der Waals surface area (Å²) in [7, 11) is 0. The molecule has 0 bridgehead atoms. The molecular formula is C20H26F3N5. The molecular weight excluding hydrogens is 367 g/mol. The summed E-state index contributed by atoms with van der Waals surface area (Å²) in [5, 5.41) is 11.3. The second-order valence-corrected chi connectivity index (χ2v) is 7.21. The SMILES string of the molecule is C1CCNCC1.Nc1cc(C(F)(F)F)ccc1-c1nnc(N)c2c1CCCC2. The second-order valence-electron chi connectivity index (χ2n) is 7.21. The summed E-state index contributed by atoms with van der Waals surface area (Å²) >= 11 is 0. The van der Waals surface area contributed by atoms with Crippen LogP contribution in [0.3, 0.4) is 0 Å². The van der Waals surface area contributed by atoms with Crippen molar-refractivity contribution in [3.05, 3.63) is 34.9 Å². The monoisotopic (exact) mass is 393 g/mol. The number of halogens is 3. The number of anilines is 2. The molecule has 5 nitrogen and oxygen atoms in total. The zero-order valence-corrected chi connectivity index (χ0v) is 15.8. The van der Waals surface area contributed by atoms with Crippen molar-refractivity contribution in [3.8, 4) is 11.3 Å². The molecule has 1 aromatic carbocycles. The molecule has 0 unspecified atom stereocenters. The molecule has 0 atom stereocenters. The first-order valence-electron chi connectivity index (χ1n) is 9.69. The molecule has 1 aromatic heterocycles. The van der Waals surface area contributed by atoms with Crippen LogP contribution in [-0.2, 0) is 19.0 Å². The third kappa shape index (κ3) is 4.73. The lowest BCUT2D eigenvalue weighted by Gasteiger charge is -2.20. The van der Waals surface area contributed by atoms with E-state index in [2.05, 4.69) is 15.5 Å². The summed E-state index contributed by atoms with van der Waals surface area (Å²) in [5.41, 5.74) is 13.8. The van der Waals surface area contributed by atoms with Gasteiger partial charge in [-0.3, -0.25) is 0 Å². The van der Waals surface area contributed by atoms with Crippen LogP contribution < -0.4 is 16.8 Å². The van der Waals surface area contributed by atoms with E-state index in [4.69, 9.17) is 11.5 Å². The number of nitrogen functional groups attached to an aromatic ring is 2. The van der Waals surface area contributed by atoms with Gasteiger partial charge in [0.25, 0.3) is 0 Å². The molecule has 152 valence electrons. The van der Waals surface area contributed by atoms with Crippen molar-refractivity contribution in [3.63, 3.8) is 0 Å². The number of nitrogens with zero attached hydrogens (tertiary/aromatic N) is 2. The van der Waals surface area contributed by atoms with Gasteiger partial charge in [-0.2, -0.15) is 13.2 Å². The Balaban J connectivity index is 0.000000320. The lowest BCUT2D eigenvalue weighted by molar-refractivity contribution is -0.137. The van der Waals surface area contributed by atoms with Crippen LogP contribution >= 0.6 is 0 Å². The normalized spacial score (nSPS) is 16.7. The number of nitrogens with one attached hydrogen (secondary N) is 1. The Morgan fingerprint density at radius 1 is 0.857 bits per heavy atom. The highest BCUT2D eigenvalue weighted by molar-refractivity contribution is 5.78. The Hall–Kier alpha value is -2.35. The van der Waals surface area contributed by atoms with Gasteiger partial charge in [0.15, 0.2) is 0 Å². The van der Waals surface area contributed by atoms with Crippen molar-refractivity contribution in [2.24, 2.45) is 0 Å². The Morgan fingerprint density at radius 2 is 1.54 bits per heavy atom. The van der Waals surface area contributed by atoms with E-state index in [9.17, 15) is 13.2 Å². The van der Waals surface area contributed by atoms with Crippen molar-refractivity contribution in [1.82, 2.24) is 15.5 Å². The van der Waals surface area contributed by atoms with Crippen molar-refractivity contribution in [2.75, 3.05) is 24.6 Å². The summed E-state index contributed by atoms with van der Waals surface area (Å²) in [6.45, 7) is 2.50. The van der Waals surface area contributed by atoms with Crippen LogP contribution in [-0.4, -0.2) is 23.3 Å². The summed E-state index contributed by atoms with van der Waals surface area (Å²) in [4.78, 5) is 0. The number of fused-ring (bicyclic) bond motifs is 1. The second kappa shape index (κ2) is 8.77. The minimum absolute atomic E-state index is 0.0432. The van der Waals surface area contributed by atoms with E-state index in [-0.39, 0.29) is 5.69 Å². The molecule has 2 aromatic rings. The van der Waals surface area contributed by atoms with Crippen molar-refractivity contribution >= 4 is 11.5 Å². The quantitative estimate of drug-likeness (QED) is 0.638. The zero-order valence-electron chi connectivity index (χ0n) is 15.8. The molecule has 2 heterocycles. The van der Waals surface area contributed by atoms with E-state index in [1.165, 1.54) is 38.4 Å². The minimum Gasteiger partial charge on any atom is -0.398 e. The van der Waals surface area contributed by atoms with Crippen LogP contribution in [0.2, 0.25) is 0 Å². The molecule has 0 spiro atoms. The van der Waals surface area contributed by atoms with E-state index in [0.717, 1.165) is 48.9 Å². The maximum atomic E-state index is 12.7. The van der Waals surface area contributed by atoms with Gasteiger partial charge in [-0.15, -0.1) is 10.2 Å². The largest absolute Gasteiger partial charge is 0.416 e. The van der Waals surface area contributed by atoms with Gasteiger partial charge in [0.05, 0.1) is 11.3 Å². The Labute approximate surface area is 162 Å². The molecule has 1 aliphatic carbocycles. The Bertz CT molecular complexity index is 805. The van der Waals surface area contributed by atoms with E-state index < -0.39 is 11.7 Å². The van der Waals surface area contributed by atoms with Gasteiger partial charge >= 0.3 is 6.18 Å². The highest BCUT2D eigenvalue weighted by Gasteiger charge is 2.31. The molecule has 1 fully saturated rings. The first kappa shape index (κ1) is 20.4. The van der Waals surface area contributed by atoms with Crippen molar-refractivity contribution in [2.45, 2.75) is 51.1 Å². The molecule has 1 aliphatic heterocycles. The van der Waals surface area contributed by atoms with Crippen LogP contribution in [0.4, 0.5) is 24.7 Å². The lowest BCUT2D eigenvalue weighted by atomic mass is 9.89. The summed E-state index contributed by atoms with van der Waals surface area (Å²) in [6.07, 6.45) is 3.40. The summed E-state index contributed by atoms with van der Waals surface area (Å²) < 4.78 is 38.2. The molecule has 2 aliphatic rings. The zero-order chi connectivity index (χ0) is 20.1. The highest BCUT2D eigenvalue weighted by Crippen LogP contribution is 2.37.